The lowest BCUT2D eigenvalue weighted by Gasteiger charge is -2.09. The summed E-state index contributed by atoms with van der Waals surface area (Å²) in [5.74, 6) is -0.677. The van der Waals surface area contributed by atoms with Crippen molar-refractivity contribution in [3.05, 3.63) is 46.8 Å². The summed E-state index contributed by atoms with van der Waals surface area (Å²) in [7, 11) is -3.70. The molecule has 2 aromatic rings. The Hall–Kier alpha value is -1.86. The number of aryl methyl sites for hydroxylation is 1. The topological polar surface area (TPSA) is 89.3 Å². The van der Waals surface area contributed by atoms with Gasteiger partial charge in [0.1, 0.15) is 4.21 Å². The molecular formula is C13H14N2O3S2. The van der Waals surface area contributed by atoms with Crippen LogP contribution < -0.4 is 10.5 Å². The van der Waals surface area contributed by atoms with Gasteiger partial charge in [-0.05, 0) is 30.7 Å². The number of nitrogens with two attached hydrogens (primary N) is 1. The number of sulfonamides is 1. The molecule has 1 amide bonds. The molecule has 0 atom stereocenters. The normalized spacial score (nSPS) is 11.2. The summed E-state index contributed by atoms with van der Waals surface area (Å²) in [5, 5.41) is 0. The molecule has 0 radical (unpaired) electrons. The molecule has 1 aromatic heterocycles. The predicted molar refractivity (Wildman–Crippen MR) is 79.5 cm³/mol. The molecular weight excluding hydrogens is 296 g/mol. The van der Waals surface area contributed by atoms with E-state index in [4.69, 9.17) is 5.73 Å². The Morgan fingerprint density at radius 1 is 1.25 bits per heavy atom. The smallest absolute Gasteiger partial charge is 0.271 e. The first-order chi connectivity index (χ1) is 9.44. The molecule has 20 heavy (non-hydrogen) atoms. The zero-order valence-corrected chi connectivity index (χ0v) is 12.4. The number of nitrogens with one attached hydrogen (secondary N) is 1. The summed E-state index contributed by atoms with van der Waals surface area (Å²) >= 11 is 1.21. The van der Waals surface area contributed by atoms with Gasteiger partial charge < -0.3 is 5.73 Å². The number of carbonyl (C=O) groups excluding carboxylic acids is 1. The Bertz CT molecular complexity index is 736. The second-order valence-corrected chi connectivity index (χ2v) is 7.17. The quantitative estimate of drug-likeness (QED) is 0.887. The fourth-order valence-corrected chi connectivity index (χ4v) is 4.05. The zero-order chi connectivity index (χ0) is 14.8. The van der Waals surface area contributed by atoms with Crippen LogP contribution in [-0.2, 0) is 16.4 Å². The number of anilines is 1. The number of rotatable bonds is 5. The molecule has 0 aliphatic carbocycles. The molecule has 0 aliphatic rings. The van der Waals surface area contributed by atoms with E-state index < -0.39 is 15.9 Å². The molecule has 1 aromatic carbocycles. The Morgan fingerprint density at radius 2 is 1.95 bits per heavy atom. The standard InChI is InChI=1S/C13H14N2O3S2/c1-2-9-7-8-12(19-9)20(17,18)15-11-6-4-3-5-10(11)13(14)16/h3-8,15H,2H2,1H3,(H2,14,16). The SMILES string of the molecule is CCc1ccc(S(=O)(=O)Nc2ccccc2C(N)=O)s1. The maximum Gasteiger partial charge on any atom is 0.271 e. The minimum absolute atomic E-state index is 0.142. The fourth-order valence-electron chi connectivity index (χ4n) is 1.67. The number of benzene rings is 1. The van der Waals surface area contributed by atoms with Crippen molar-refractivity contribution in [1.29, 1.82) is 0 Å². The molecule has 0 aliphatic heterocycles. The van der Waals surface area contributed by atoms with Crippen LogP contribution in [0.25, 0.3) is 0 Å². The monoisotopic (exact) mass is 310 g/mol. The highest BCUT2D eigenvalue weighted by Crippen LogP contribution is 2.25. The number of thiophene rings is 1. The number of para-hydroxylation sites is 1. The average molecular weight is 310 g/mol. The van der Waals surface area contributed by atoms with Crippen LogP contribution in [0.4, 0.5) is 5.69 Å². The first-order valence-electron chi connectivity index (χ1n) is 5.94. The molecule has 0 spiro atoms. The van der Waals surface area contributed by atoms with E-state index in [1.54, 1.807) is 24.3 Å². The third kappa shape index (κ3) is 3.00. The zero-order valence-electron chi connectivity index (χ0n) is 10.8. The second-order valence-electron chi connectivity index (χ2n) is 4.09. The van der Waals surface area contributed by atoms with Crippen LogP contribution in [-0.4, -0.2) is 14.3 Å². The first kappa shape index (κ1) is 14.5. The molecule has 0 saturated heterocycles. The Labute approximate surface area is 121 Å². The summed E-state index contributed by atoms with van der Waals surface area (Å²) in [6.07, 6.45) is 0.776. The molecule has 3 N–H and O–H groups in total. The van der Waals surface area contributed by atoms with Crippen molar-refractivity contribution in [2.45, 2.75) is 17.6 Å². The summed E-state index contributed by atoms with van der Waals surface area (Å²) < 4.78 is 27.1. The number of amides is 1. The maximum absolute atomic E-state index is 12.3. The molecule has 0 saturated carbocycles. The lowest BCUT2D eigenvalue weighted by Crippen LogP contribution is -2.17. The third-order valence-electron chi connectivity index (χ3n) is 2.69. The van der Waals surface area contributed by atoms with Gasteiger partial charge in [-0.15, -0.1) is 11.3 Å². The van der Waals surface area contributed by atoms with Gasteiger partial charge in [0.05, 0.1) is 11.3 Å². The summed E-state index contributed by atoms with van der Waals surface area (Å²) in [6.45, 7) is 1.96. The van der Waals surface area contributed by atoms with E-state index in [1.165, 1.54) is 23.5 Å². The van der Waals surface area contributed by atoms with Crippen LogP contribution in [0.3, 0.4) is 0 Å². The molecule has 5 nitrogen and oxygen atoms in total. The fraction of sp³-hybridized carbons (Fsp3) is 0.154. The minimum Gasteiger partial charge on any atom is -0.366 e. The van der Waals surface area contributed by atoms with E-state index >= 15 is 0 Å². The van der Waals surface area contributed by atoms with Crippen LogP contribution in [0.15, 0.2) is 40.6 Å². The lowest BCUT2D eigenvalue weighted by atomic mass is 10.2. The van der Waals surface area contributed by atoms with Gasteiger partial charge in [-0.2, -0.15) is 0 Å². The summed E-state index contributed by atoms with van der Waals surface area (Å²) in [4.78, 5) is 12.3. The predicted octanol–water partition coefficient (Wildman–Crippen LogP) is 2.21. The van der Waals surface area contributed by atoms with Gasteiger partial charge in [0.15, 0.2) is 0 Å². The molecule has 2 rings (SSSR count). The molecule has 106 valence electrons. The Balaban J connectivity index is 2.36. The van der Waals surface area contributed by atoms with Crippen molar-refractivity contribution in [2.24, 2.45) is 5.73 Å². The van der Waals surface area contributed by atoms with E-state index in [-0.39, 0.29) is 15.5 Å². The second kappa shape index (κ2) is 5.64. The van der Waals surface area contributed by atoms with Gasteiger partial charge >= 0.3 is 0 Å². The van der Waals surface area contributed by atoms with Crippen LogP contribution in [0.1, 0.15) is 22.2 Å². The number of primary amides is 1. The third-order valence-corrected chi connectivity index (χ3v) is 5.77. The molecule has 0 unspecified atom stereocenters. The minimum atomic E-state index is -3.70. The number of hydrogen-bond donors (Lipinski definition) is 2. The maximum atomic E-state index is 12.3. The van der Waals surface area contributed by atoms with Crippen molar-refractivity contribution in [2.75, 3.05) is 4.72 Å². The first-order valence-corrected chi connectivity index (χ1v) is 8.24. The summed E-state index contributed by atoms with van der Waals surface area (Å²) in [6, 6.07) is 9.57. The van der Waals surface area contributed by atoms with Gasteiger partial charge in [-0.1, -0.05) is 19.1 Å². The van der Waals surface area contributed by atoms with Crippen LogP contribution in [0, 0.1) is 0 Å². The highest BCUT2D eigenvalue weighted by atomic mass is 32.2. The largest absolute Gasteiger partial charge is 0.366 e. The van der Waals surface area contributed by atoms with Crippen LogP contribution in [0.5, 0.6) is 0 Å². The van der Waals surface area contributed by atoms with Crippen LogP contribution in [0.2, 0.25) is 0 Å². The van der Waals surface area contributed by atoms with Crippen molar-refractivity contribution >= 4 is 33.0 Å². The lowest BCUT2D eigenvalue weighted by molar-refractivity contribution is 0.100. The number of carbonyl (C=O) groups is 1. The van der Waals surface area contributed by atoms with E-state index in [2.05, 4.69) is 4.72 Å². The van der Waals surface area contributed by atoms with Crippen LogP contribution >= 0.6 is 11.3 Å². The number of hydrogen-bond acceptors (Lipinski definition) is 4. The molecule has 0 bridgehead atoms. The van der Waals surface area contributed by atoms with E-state index in [0.717, 1.165) is 11.3 Å². The van der Waals surface area contributed by atoms with Crippen molar-refractivity contribution in [1.82, 2.24) is 0 Å². The molecule has 0 fully saturated rings. The summed E-state index contributed by atoms with van der Waals surface area (Å²) in [5.41, 5.74) is 5.56. The highest BCUT2D eigenvalue weighted by Gasteiger charge is 2.19. The van der Waals surface area contributed by atoms with Gasteiger partial charge in [0, 0.05) is 4.88 Å². The van der Waals surface area contributed by atoms with Crippen molar-refractivity contribution in [3.8, 4) is 0 Å². The molecule has 1 heterocycles. The van der Waals surface area contributed by atoms with Gasteiger partial charge in [-0.3, -0.25) is 9.52 Å². The van der Waals surface area contributed by atoms with E-state index in [1.807, 2.05) is 6.92 Å². The van der Waals surface area contributed by atoms with Gasteiger partial charge in [-0.25, -0.2) is 8.42 Å². The Kier molecular flexibility index (Phi) is 4.10. The Morgan fingerprint density at radius 3 is 2.55 bits per heavy atom. The van der Waals surface area contributed by atoms with Crippen molar-refractivity contribution < 1.29 is 13.2 Å². The molecule has 7 heteroatoms. The van der Waals surface area contributed by atoms with Gasteiger partial charge in [0.25, 0.3) is 15.9 Å². The van der Waals surface area contributed by atoms with E-state index in [9.17, 15) is 13.2 Å². The van der Waals surface area contributed by atoms with Gasteiger partial charge in [0.2, 0.25) is 0 Å². The average Bonchev–Trinajstić information content (AvgIpc) is 2.88. The van der Waals surface area contributed by atoms with E-state index in [0.29, 0.717) is 0 Å². The highest BCUT2D eigenvalue weighted by molar-refractivity contribution is 7.94. The van der Waals surface area contributed by atoms with Crippen molar-refractivity contribution in [3.63, 3.8) is 0 Å².